The molecule has 2 aromatic rings. The van der Waals surface area contributed by atoms with Crippen LogP contribution >= 0.6 is 11.3 Å². The molecule has 0 fully saturated rings. The lowest BCUT2D eigenvalue weighted by molar-refractivity contribution is 0.179. The predicted octanol–water partition coefficient (Wildman–Crippen LogP) is 3.95. The van der Waals surface area contributed by atoms with Gasteiger partial charge in [0.2, 0.25) is 0 Å². The minimum absolute atomic E-state index is 0.388. The van der Waals surface area contributed by atoms with Crippen molar-refractivity contribution in [1.82, 2.24) is 0 Å². The molecule has 1 unspecified atom stereocenters. The van der Waals surface area contributed by atoms with E-state index in [-0.39, 0.29) is 6.10 Å². The SMILES string of the molecule is Cc1cc(C)cc(CC(O)c2csc(C)c2)c1. The minimum atomic E-state index is -0.388. The van der Waals surface area contributed by atoms with E-state index in [1.165, 1.54) is 21.6 Å². The maximum atomic E-state index is 10.2. The van der Waals surface area contributed by atoms with Gasteiger partial charge in [0.25, 0.3) is 0 Å². The van der Waals surface area contributed by atoms with Crippen molar-refractivity contribution < 1.29 is 5.11 Å². The monoisotopic (exact) mass is 246 g/mol. The maximum Gasteiger partial charge on any atom is 0.0838 e. The second kappa shape index (κ2) is 5.03. The first-order valence-corrected chi connectivity index (χ1v) is 6.73. The highest BCUT2D eigenvalue weighted by Gasteiger charge is 2.10. The number of rotatable bonds is 3. The zero-order valence-electron chi connectivity index (χ0n) is 10.5. The zero-order chi connectivity index (χ0) is 12.4. The van der Waals surface area contributed by atoms with Gasteiger partial charge < -0.3 is 5.11 Å². The molecule has 2 heteroatoms. The first-order chi connectivity index (χ1) is 8.04. The number of benzene rings is 1. The Bertz CT molecular complexity index is 493. The molecule has 2 rings (SSSR count). The van der Waals surface area contributed by atoms with Crippen molar-refractivity contribution in [1.29, 1.82) is 0 Å². The molecular weight excluding hydrogens is 228 g/mol. The first kappa shape index (κ1) is 12.3. The van der Waals surface area contributed by atoms with E-state index >= 15 is 0 Å². The number of hydrogen-bond donors (Lipinski definition) is 1. The van der Waals surface area contributed by atoms with Gasteiger partial charge in [-0.05, 0) is 43.3 Å². The molecular formula is C15H18OS. The molecule has 0 aliphatic carbocycles. The molecule has 1 N–H and O–H groups in total. The Labute approximate surface area is 107 Å². The summed E-state index contributed by atoms with van der Waals surface area (Å²) >= 11 is 1.69. The van der Waals surface area contributed by atoms with Crippen LogP contribution in [-0.4, -0.2) is 5.11 Å². The topological polar surface area (TPSA) is 20.2 Å². The van der Waals surface area contributed by atoms with Crippen LogP contribution in [0.4, 0.5) is 0 Å². The van der Waals surface area contributed by atoms with Crippen LogP contribution in [0.1, 0.15) is 33.2 Å². The van der Waals surface area contributed by atoms with Crippen LogP contribution < -0.4 is 0 Å². The molecule has 0 saturated heterocycles. The van der Waals surface area contributed by atoms with Crippen LogP contribution in [0.25, 0.3) is 0 Å². The normalized spacial score (nSPS) is 12.7. The van der Waals surface area contributed by atoms with Crippen molar-refractivity contribution in [3.63, 3.8) is 0 Å². The highest BCUT2D eigenvalue weighted by atomic mass is 32.1. The summed E-state index contributed by atoms with van der Waals surface area (Å²) in [5, 5.41) is 12.2. The Balaban J connectivity index is 2.15. The Hall–Kier alpha value is -1.12. The number of aliphatic hydroxyl groups is 1. The number of thiophene rings is 1. The molecule has 1 nitrogen and oxygen atoms in total. The lowest BCUT2D eigenvalue weighted by Gasteiger charge is -2.10. The van der Waals surface area contributed by atoms with Crippen molar-refractivity contribution in [3.05, 3.63) is 56.8 Å². The fourth-order valence-corrected chi connectivity index (χ4v) is 2.92. The molecule has 90 valence electrons. The summed E-state index contributed by atoms with van der Waals surface area (Å²) < 4.78 is 0. The fraction of sp³-hybridized carbons (Fsp3) is 0.333. The van der Waals surface area contributed by atoms with Gasteiger partial charge in [0.1, 0.15) is 0 Å². The zero-order valence-corrected chi connectivity index (χ0v) is 11.3. The number of aliphatic hydroxyl groups excluding tert-OH is 1. The fourth-order valence-electron chi connectivity index (χ4n) is 2.17. The van der Waals surface area contributed by atoms with E-state index in [1.54, 1.807) is 11.3 Å². The van der Waals surface area contributed by atoms with Gasteiger partial charge in [0.05, 0.1) is 6.10 Å². The van der Waals surface area contributed by atoms with Gasteiger partial charge in [-0.3, -0.25) is 0 Å². The van der Waals surface area contributed by atoms with Crippen molar-refractivity contribution in [2.75, 3.05) is 0 Å². The van der Waals surface area contributed by atoms with Crippen LogP contribution in [0, 0.1) is 20.8 Å². The van der Waals surface area contributed by atoms with E-state index in [9.17, 15) is 5.11 Å². The van der Waals surface area contributed by atoms with Crippen molar-refractivity contribution >= 4 is 11.3 Å². The average molecular weight is 246 g/mol. The Kier molecular flexibility index (Phi) is 3.65. The third-order valence-electron chi connectivity index (χ3n) is 2.85. The molecule has 17 heavy (non-hydrogen) atoms. The van der Waals surface area contributed by atoms with E-state index in [0.29, 0.717) is 6.42 Å². The van der Waals surface area contributed by atoms with Crippen LogP contribution in [0.15, 0.2) is 29.6 Å². The summed E-state index contributed by atoms with van der Waals surface area (Å²) in [7, 11) is 0. The molecule has 1 aromatic carbocycles. The van der Waals surface area contributed by atoms with Gasteiger partial charge in [-0.1, -0.05) is 29.3 Å². The Morgan fingerprint density at radius 1 is 1.06 bits per heavy atom. The highest BCUT2D eigenvalue weighted by molar-refractivity contribution is 7.10. The molecule has 1 heterocycles. The quantitative estimate of drug-likeness (QED) is 0.869. The summed E-state index contributed by atoms with van der Waals surface area (Å²) in [4.78, 5) is 1.25. The summed E-state index contributed by atoms with van der Waals surface area (Å²) in [6, 6.07) is 8.52. The van der Waals surface area contributed by atoms with Crippen LogP contribution in [0.5, 0.6) is 0 Å². The van der Waals surface area contributed by atoms with E-state index in [0.717, 1.165) is 5.56 Å². The molecule has 1 atom stereocenters. The molecule has 0 bridgehead atoms. The van der Waals surface area contributed by atoms with Gasteiger partial charge in [0, 0.05) is 11.3 Å². The third kappa shape index (κ3) is 3.18. The lowest BCUT2D eigenvalue weighted by Crippen LogP contribution is -2.01. The van der Waals surface area contributed by atoms with Gasteiger partial charge >= 0.3 is 0 Å². The predicted molar refractivity (Wildman–Crippen MR) is 73.6 cm³/mol. The van der Waals surface area contributed by atoms with Gasteiger partial charge in [-0.2, -0.15) is 0 Å². The largest absolute Gasteiger partial charge is 0.388 e. The van der Waals surface area contributed by atoms with Gasteiger partial charge in [-0.15, -0.1) is 11.3 Å². The van der Waals surface area contributed by atoms with Gasteiger partial charge in [-0.25, -0.2) is 0 Å². The van der Waals surface area contributed by atoms with Gasteiger partial charge in [0.15, 0.2) is 0 Å². The maximum absolute atomic E-state index is 10.2. The lowest BCUT2D eigenvalue weighted by atomic mass is 10.00. The molecule has 0 spiro atoms. The highest BCUT2D eigenvalue weighted by Crippen LogP contribution is 2.24. The first-order valence-electron chi connectivity index (χ1n) is 5.85. The summed E-state index contributed by atoms with van der Waals surface area (Å²) in [6.07, 6.45) is 0.305. The van der Waals surface area contributed by atoms with Crippen molar-refractivity contribution in [2.45, 2.75) is 33.3 Å². The smallest absolute Gasteiger partial charge is 0.0838 e. The molecule has 0 aliphatic rings. The number of aryl methyl sites for hydroxylation is 3. The molecule has 0 radical (unpaired) electrons. The minimum Gasteiger partial charge on any atom is -0.388 e. The Morgan fingerprint density at radius 3 is 2.24 bits per heavy atom. The van der Waals surface area contributed by atoms with Crippen LogP contribution in [0.2, 0.25) is 0 Å². The summed E-state index contributed by atoms with van der Waals surface area (Å²) in [5.41, 5.74) is 4.76. The molecule has 0 amide bonds. The van der Waals surface area contributed by atoms with Crippen LogP contribution in [-0.2, 0) is 6.42 Å². The van der Waals surface area contributed by atoms with Crippen molar-refractivity contribution in [2.24, 2.45) is 0 Å². The van der Waals surface area contributed by atoms with E-state index in [2.05, 4.69) is 45.0 Å². The van der Waals surface area contributed by atoms with E-state index < -0.39 is 0 Å². The second-order valence-electron chi connectivity index (χ2n) is 4.71. The molecule has 1 aromatic heterocycles. The Morgan fingerprint density at radius 2 is 1.71 bits per heavy atom. The molecule has 0 aliphatic heterocycles. The third-order valence-corrected chi connectivity index (χ3v) is 3.73. The molecule has 0 saturated carbocycles. The summed E-state index contributed by atoms with van der Waals surface area (Å²) in [5.74, 6) is 0. The van der Waals surface area contributed by atoms with Crippen molar-refractivity contribution in [3.8, 4) is 0 Å². The van der Waals surface area contributed by atoms with Crippen LogP contribution in [0.3, 0.4) is 0 Å². The second-order valence-corrected chi connectivity index (χ2v) is 5.82. The average Bonchev–Trinajstić information content (AvgIpc) is 2.63. The van der Waals surface area contributed by atoms with E-state index in [1.807, 2.05) is 5.38 Å². The standard InChI is InChI=1S/C15H18OS/c1-10-4-11(2)6-13(5-10)8-15(16)14-7-12(3)17-9-14/h4-7,9,15-16H,8H2,1-3H3. The number of hydrogen-bond acceptors (Lipinski definition) is 2. The van der Waals surface area contributed by atoms with E-state index in [4.69, 9.17) is 0 Å². The summed E-state index contributed by atoms with van der Waals surface area (Å²) in [6.45, 7) is 6.26.